The lowest BCUT2D eigenvalue weighted by atomic mass is 10.1. The first kappa shape index (κ1) is 23.2. The fourth-order valence-corrected chi connectivity index (χ4v) is 2.99. The smallest absolute Gasteiger partial charge is 0.287 e. The lowest BCUT2D eigenvalue weighted by Gasteiger charge is -2.10. The monoisotopic (exact) mass is 439 g/mol. The van der Waals surface area contributed by atoms with E-state index in [9.17, 15) is 14.7 Å². The van der Waals surface area contributed by atoms with E-state index in [2.05, 4.69) is 15.8 Å². The molecular formula is C27H25N3O3. The van der Waals surface area contributed by atoms with Gasteiger partial charge in [-0.2, -0.15) is 5.10 Å². The van der Waals surface area contributed by atoms with Gasteiger partial charge >= 0.3 is 0 Å². The molecule has 0 bridgehead atoms. The van der Waals surface area contributed by atoms with Crippen LogP contribution in [0.2, 0.25) is 0 Å². The summed E-state index contributed by atoms with van der Waals surface area (Å²) in [5, 5.41) is 16.3. The van der Waals surface area contributed by atoms with Crippen molar-refractivity contribution < 1.29 is 14.7 Å². The molecule has 2 amide bonds. The Labute approximate surface area is 193 Å². The normalized spacial score (nSPS) is 12.2. The number of nitrogens with zero attached hydrogens (tertiary/aromatic N) is 1. The Balaban J connectivity index is 1.84. The molecule has 33 heavy (non-hydrogen) atoms. The van der Waals surface area contributed by atoms with Gasteiger partial charge in [0.1, 0.15) is 11.4 Å². The summed E-state index contributed by atoms with van der Waals surface area (Å²) >= 11 is 0. The second kappa shape index (κ2) is 11.2. The highest BCUT2D eigenvalue weighted by Gasteiger charge is 2.14. The summed E-state index contributed by atoms with van der Waals surface area (Å²) in [5.74, 6) is -0.813. The van der Waals surface area contributed by atoms with Crippen LogP contribution in [0.5, 0.6) is 5.75 Å². The van der Waals surface area contributed by atoms with Crippen molar-refractivity contribution in [2.45, 2.75) is 13.8 Å². The van der Waals surface area contributed by atoms with E-state index >= 15 is 0 Å². The third-order valence-electron chi connectivity index (χ3n) is 4.70. The van der Waals surface area contributed by atoms with Crippen molar-refractivity contribution in [3.05, 3.63) is 119 Å². The molecule has 6 heteroatoms. The van der Waals surface area contributed by atoms with Crippen molar-refractivity contribution in [2.24, 2.45) is 5.10 Å². The highest BCUT2D eigenvalue weighted by atomic mass is 16.3. The van der Waals surface area contributed by atoms with Crippen LogP contribution < -0.4 is 10.7 Å². The number of hydrazone groups is 1. The maximum atomic E-state index is 12.9. The van der Waals surface area contributed by atoms with Crippen molar-refractivity contribution in [1.82, 2.24) is 10.7 Å². The highest BCUT2D eigenvalue weighted by molar-refractivity contribution is 6.04. The number of carbonyl (C=O) groups is 2. The van der Waals surface area contributed by atoms with Crippen LogP contribution in [0.25, 0.3) is 6.08 Å². The summed E-state index contributed by atoms with van der Waals surface area (Å²) in [4.78, 5) is 25.6. The van der Waals surface area contributed by atoms with E-state index in [1.165, 1.54) is 0 Å². The van der Waals surface area contributed by atoms with E-state index in [1.54, 1.807) is 61.5 Å². The molecular weight excluding hydrogens is 414 g/mol. The fourth-order valence-electron chi connectivity index (χ4n) is 2.99. The van der Waals surface area contributed by atoms with Crippen molar-refractivity contribution in [1.29, 1.82) is 0 Å². The van der Waals surface area contributed by atoms with E-state index in [0.29, 0.717) is 11.3 Å². The van der Waals surface area contributed by atoms with Gasteiger partial charge in [-0.15, -0.1) is 0 Å². The Bertz CT molecular complexity index is 1200. The average molecular weight is 440 g/mol. The molecule has 3 N–H and O–H groups in total. The van der Waals surface area contributed by atoms with E-state index in [0.717, 1.165) is 16.7 Å². The molecule has 0 atom stereocenters. The number of phenolic OH excluding ortho intramolecular Hbond substituents is 1. The second-order valence-corrected chi connectivity index (χ2v) is 7.36. The Morgan fingerprint density at radius 1 is 0.818 bits per heavy atom. The van der Waals surface area contributed by atoms with Crippen LogP contribution in [-0.4, -0.2) is 22.6 Å². The van der Waals surface area contributed by atoms with Crippen LogP contribution in [0.3, 0.4) is 0 Å². The first-order valence-electron chi connectivity index (χ1n) is 10.4. The van der Waals surface area contributed by atoms with Gasteiger partial charge in [0.05, 0.1) is 5.71 Å². The summed E-state index contributed by atoms with van der Waals surface area (Å²) in [6.07, 6.45) is 3.52. The largest absolute Gasteiger partial charge is 0.508 e. The lowest BCUT2D eigenvalue weighted by molar-refractivity contribution is -0.117. The summed E-state index contributed by atoms with van der Waals surface area (Å²) < 4.78 is 0. The number of phenols is 1. The summed E-state index contributed by atoms with van der Waals surface area (Å²) in [7, 11) is 0. The molecule has 0 spiro atoms. The zero-order chi connectivity index (χ0) is 23.6. The molecule has 0 aromatic heterocycles. The van der Waals surface area contributed by atoms with Crippen LogP contribution in [0.1, 0.15) is 35.3 Å². The number of nitrogens with one attached hydrogen (secondary N) is 2. The summed E-state index contributed by atoms with van der Waals surface area (Å²) in [6, 6.07) is 24.8. The Morgan fingerprint density at radius 2 is 1.42 bits per heavy atom. The first-order valence-corrected chi connectivity index (χ1v) is 10.4. The zero-order valence-electron chi connectivity index (χ0n) is 18.4. The number of hydrogen-bond donors (Lipinski definition) is 3. The van der Waals surface area contributed by atoms with Gasteiger partial charge in [0.15, 0.2) is 0 Å². The number of benzene rings is 3. The van der Waals surface area contributed by atoms with Crippen molar-refractivity contribution in [3.8, 4) is 5.75 Å². The zero-order valence-corrected chi connectivity index (χ0v) is 18.4. The summed E-state index contributed by atoms with van der Waals surface area (Å²) in [6.45, 7) is 3.58. The topological polar surface area (TPSA) is 90.8 Å². The molecule has 3 aromatic carbocycles. The van der Waals surface area contributed by atoms with Gasteiger partial charge in [-0.25, -0.2) is 5.43 Å². The molecule has 0 saturated carbocycles. The molecule has 0 aliphatic carbocycles. The Hall–Kier alpha value is -4.45. The molecule has 0 saturated heterocycles. The Kier molecular flexibility index (Phi) is 7.91. The minimum absolute atomic E-state index is 0.0655. The predicted octanol–water partition coefficient (Wildman–Crippen LogP) is 4.65. The number of rotatable bonds is 7. The van der Waals surface area contributed by atoms with Crippen LogP contribution in [-0.2, 0) is 4.79 Å². The number of amides is 2. The maximum Gasteiger partial charge on any atom is 0.287 e. The van der Waals surface area contributed by atoms with E-state index in [1.807, 2.05) is 49.4 Å². The van der Waals surface area contributed by atoms with Crippen LogP contribution >= 0.6 is 0 Å². The predicted molar refractivity (Wildman–Crippen MR) is 131 cm³/mol. The average Bonchev–Trinajstić information content (AvgIpc) is 2.83. The maximum absolute atomic E-state index is 12.9. The third kappa shape index (κ3) is 7.04. The van der Waals surface area contributed by atoms with Gasteiger partial charge in [0.25, 0.3) is 11.8 Å². The molecule has 0 radical (unpaired) electrons. The van der Waals surface area contributed by atoms with Gasteiger partial charge in [0.2, 0.25) is 0 Å². The van der Waals surface area contributed by atoms with Crippen LogP contribution in [0.4, 0.5) is 0 Å². The molecule has 3 aromatic rings. The Morgan fingerprint density at radius 3 is 2.06 bits per heavy atom. The number of hydrogen-bond acceptors (Lipinski definition) is 4. The van der Waals surface area contributed by atoms with E-state index < -0.39 is 11.8 Å². The van der Waals surface area contributed by atoms with Crippen LogP contribution in [0.15, 0.2) is 107 Å². The number of carbonyl (C=O) groups excluding carboxylic acids is 2. The van der Waals surface area contributed by atoms with Crippen molar-refractivity contribution in [3.63, 3.8) is 0 Å². The minimum atomic E-state index is -0.557. The van der Waals surface area contributed by atoms with Crippen molar-refractivity contribution >= 4 is 23.6 Å². The molecule has 0 heterocycles. The molecule has 0 unspecified atom stereocenters. The molecule has 3 rings (SSSR count). The highest BCUT2D eigenvalue weighted by Crippen LogP contribution is 2.11. The van der Waals surface area contributed by atoms with Gasteiger partial charge < -0.3 is 10.4 Å². The molecule has 0 aliphatic heterocycles. The SMILES string of the molecule is C/C(=N/NC(=O)/C(=C/C(C)=C/c1ccccc1)NC(=O)c1ccccc1)c1ccc(O)cc1. The fraction of sp³-hybridized carbons (Fsp3) is 0.0741. The number of allylic oxidation sites excluding steroid dienone is 2. The quantitative estimate of drug-likeness (QED) is 0.217. The molecule has 6 nitrogen and oxygen atoms in total. The van der Waals surface area contributed by atoms with Gasteiger partial charge in [-0.3, -0.25) is 9.59 Å². The standard InChI is InChI=1S/C27H25N3O3/c1-19(17-21-9-5-3-6-10-21)18-25(28-26(32)23-11-7-4-8-12-23)27(33)30-29-20(2)22-13-15-24(31)16-14-22/h3-18,31H,1-2H3,(H,28,32)(H,30,33)/b19-17+,25-18-,29-20-. The third-order valence-corrected chi connectivity index (χ3v) is 4.70. The van der Waals surface area contributed by atoms with Crippen LogP contribution in [0, 0.1) is 0 Å². The van der Waals surface area contributed by atoms with E-state index in [4.69, 9.17) is 0 Å². The molecule has 166 valence electrons. The van der Waals surface area contributed by atoms with Gasteiger partial charge in [-0.05, 0) is 73.0 Å². The molecule has 0 aliphatic rings. The summed E-state index contributed by atoms with van der Waals surface area (Å²) in [5.41, 5.74) is 6.04. The van der Waals surface area contributed by atoms with E-state index in [-0.39, 0.29) is 11.4 Å². The number of aromatic hydroxyl groups is 1. The second-order valence-electron chi connectivity index (χ2n) is 7.36. The minimum Gasteiger partial charge on any atom is -0.508 e. The van der Waals surface area contributed by atoms with Crippen molar-refractivity contribution in [2.75, 3.05) is 0 Å². The first-order chi connectivity index (χ1) is 15.9. The van der Waals surface area contributed by atoms with Gasteiger partial charge in [-0.1, -0.05) is 54.6 Å². The van der Waals surface area contributed by atoms with Gasteiger partial charge in [0, 0.05) is 5.56 Å². The lowest BCUT2D eigenvalue weighted by Crippen LogP contribution is -2.33. The molecule has 0 fully saturated rings.